The highest BCUT2D eigenvalue weighted by molar-refractivity contribution is 7.74. The molecule has 0 amide bonds. The highest BCUT2D eigenvalue weighted by Crippen LogP contribution is 2.14. The lowest BCUT2D eigenvalue weighted by molar-refractivity contribution is -0.130. The smallest absolute Gasteiger partial charge is 0.338 e. The molecule has 0 bridgehead atoms. The summed E-state index contributed by atoms with van der Waals surface area (Å²) in [7, 11) is 0. The predicted octanol–water partition coefficient (Wildman–Crippen LogP) is 1.82. The highest BCUT2D eigenvalue weighted by Gasteiger charge is 2.05. The SMILES string of the molecule is C=C(C)C(=O)Oc1ccc(COS(=O)O)cc1. The third-order valence-electron chi connectivity index (χ3n) is 1.81. The zero-order valence-corrected chi connectivity index (χ0v) is 10.0. The monoisotopic (exact) mass is 256 g/mol. The van der Waals surface area contributed by atoms with Crippen molar-refractivity contribution >= 4 is 17.3 Å². The van der Waals surface area contributed by atoms with Crippen LogP contribution in [0.3, 0.4) is 0 Å². The predicted molar refractivity (Wildman–Crippen MR) is 62.5 cm³/mol. The van der Waals surface area contributed by atoms with Crippen molar-refractivity contribution in [2.24, 2.45) is 0 Å². The second-order valence-corrected chi connectivity index (χ2v) is 3.96. The first-order chi connectivity index (χ1) is 7.99. The number of hydrogen-bond acceptors (Lipinski definition) is 4. The molecule has 0 saturated carbocycles. The molecule has 0 fully saturated rings. The first kappa shape index (κ1) is 13.6. The summed E-state index contributed by atoms with van der Waals surface area (Å²) in [6.45, 7) is 5.03. The molecule has 1 atom stereocenters. The lowest BCUT2D eigenvalue weighted by Gasteiger charge is -2.04. The molecule has 0 spiro atoms. The van der Waals surface area contributed by atoms with Crippen LogP contribution in [0.25, 0.3) is 0 Å². The Hall–Kier alpha value is -1.50. The number of carbonyl (C=O) groups excluding carboxylic acids is 1. The molecule has 0 aliphatic carbocycles. The van der Waals surface area contributed by atoms with Crippen molar-refractivity contribution in [2.45, 2.75) is 13.5 Å². The summed E-state index contributed by atoms with van der Waals surface area (Å²) in [4.78, 5) is 11.2. The minimum absolute atomic E-state index is 0.0117. The molecule has 0 aliphatic heterocycles. The van der Waals surface area contributed by atoms with Gasteiger partial charge in [0.25, 0.3) is 0 Å². The van der Waals surface area contributed by atoms with Crippen LogP contribution in [0.5, 0.6) is 5.75 Å². The molecule has 92 valence electrons. The van der Waals surface area contributed by atoms with E-state index in [2.05, 4.69) is 10.8 Å². The van der Waals surface area contributed by atoms with E-state index in [1.54, 1.807) is 31.2 Å². The van der Waals surface area contributed by atoms with E-state index in [0.717, 1.165) is 0 Å². The lowest BCUT2D eigenvalue weighted by Crippen LogP contribution is -2.08. The van der Waals surface area contributed by atoms with Crippen molar-refractivity contribution < 1.29 is 22.5 Å². The summed E-state index contributed by atoms with van der Waals surface area (Å²) < 4.78 is 28.1. The molecule has 0 aliphatic rings. The Morgan fingerprint density at radius 2 is 2.00 bits per heavy atom. The third kappa shape index (κ3) is 4.90. The number of rotatable bonds is 5. The number of carbonyl (C=O) groups is 1. The van der Waals surface area contributed by atoms with E-state index in [9.17, 15) is 9.00 Å². The fourth-order valence-electron chi connectivity index (χ4n) is 0.966. The Bertz CT molecular complexity index is 438. The average molecular weight is 256 g/mol. The van der Waals surface area contributed by atoms with Crippen molar-refractivity contribution in [3.8, 4) is 5.75 Å². The van der Waals surface area contributed by atoms with Gasteiger partial charge in [0.05, 0.1) is 6.61 Å². The summed E-state index contributed by atoms with van der Waals surface area (Å²) in [6, 6.07) is 6.40. The van der Waals surface area contributed by atoms with Crippen LogP contribution >= 0.6 is 0 Å². The molecule has 1 rings (SSSR count). The van der Waals surface area contributed by atoms with Gasteiger partial charge in [0.15, 0.2) is 0 Å². The van der Waals surface area contributed by atoms with Crippen LogP contribution in [0, 0.1) is 0 Å². The van der Waals surface area contributed by atoms with Crippen molar-refractivity contribution in [3.63, 3.8) is 0 Å². The zero-order valence-electron chi connectivity index (χ0n) is 9.21. The minimum atomic E-state index is -2.28. The number of esters is 1. The summed E-state index contributed by atoms with van der Waals surface area (Å²) in [5, 5.41) is 0. The largest absolute Gasteiger partial charge is 0.423 e. The Morgan fingerprint density at radius 3 is 2.47 bits per heavy atom. The maximum atomic E-state index is 11.2. The van der Waals surface area contributed by atoms with Crippen molar-refractivity contribution in [3.05, 3.63) is 42.0 Å². The van der Waals surface area contributed by atoms with Crippen molar-refractivity contribution in [2.75, 3.05) is 0 Å². The quantitative estimate of drug-likeness (QED) is 0.376. The first-order valence-electron chi connectivity index (χ1n) is 4.70. The fraction of sp³-hybridized carbons (Fsp3) is 0.182. The average Bonchev–Trinajstić information content (AvgIpc) is 2.28. The van der Waals surface area contributed by atoms with E-state index in [0.29, 0.717) is 16.9 Å². The van der Waals surface area contributed by atoms with Gasteiger partial charge in [-0.05, 0) is 24.6 Å². The van der Waals surface area contributed by atoms with Gasteiger partial charge in [0.2, 0.25) is 0 Å². The molecule has 17 heavy (non-hydrogen) atoms. The van der Waals surface area contributed by atoms with Crippen molar-refractivity contribution in [1.29, 1.82) is 0 Å². The number of hydrogen-bond donors (Lipinski definition) is 1. The lowest BCUT2D eigenvalue weighted by atomic mass is 10.2. The van der Waals surface area contributed by atoms with Gasteiger partial charge < -0.3 is 4.74 Å². The molecule has 1 unspecified atom stereocenters. The topological polar surface area (TPSA) is 72.8 Å². The van der Waals surface area contributed by atoms with E-state index in [-0.39, 0.29) is 6.61 Å². The maximum absolute atomic E-state index is 11.2. The van der Waals surface area contributed by atoms with Crippen LogP contribution in [0.1, 0.15) is 12.5 Å². The van der Waals surface area contributed by atoms with E-state index in [1.807, 2.05) is 0 Å². The summed E-state index contributed by atoms with van der Waals surface area (Å²) in [6.07, 6.45) is 0. The Labute approximate surface area is 102 Å². The fourth-order valence-corrected chi connectivity index (χ4v) is 1.20. The number of ether oxygens (including phenoxy) is 1. The molecule has 0 aromatic heterocycles. The van der Waals surface area contributed by atoms with Gasteiger partial charge in [0, 0.05) is 5.57 Å². The summed E-state index contributed by atoms with van der Waals surface area (Å²) in [5.41, 5.74) is 1.01. The van der Waals surface area contributed by atoms with Crippen molar-refractivity contribution in [1.82, 2.24) is 0 Å². The minimum Gasteiger partial charge on any atom is -0.423 e. The standard InChI is InChI=1S/C11H12O5S/c1-8(2)11(12)16-10-5-3-9(4-6-10)7-15-17(13)14/h3-6H,1,7H2,2H3,(H,13,14). The summed E-state index contributed by atoms with van der Waals surface area (Å²) >= 11 is -2.28. The van der Waals surface area contributed by atoms with E-state index in [4.69, 9.17) is 9.29 Å². The van der Waals surface area contributed by atoms with Crippen LogP contribution < -0.4 is 4.74 Å². The van der Waals surface area contributed by atoms with Gasteiger partial charge in [-0.3, -0.25) is 8.74 Å². The van der Waals surface area contributed by atoms with E-state index in [1.165, 1.54) is 0 Å². The van der Waals surface area contributed by atoms with Crippen LogP contribution in [0.4, 0.5) is 0 Å². The molecule has 5 nitrogen and oxygen atoms in total. The van der Waals surface area contributed by atoms with Gasteiger partial charge in [0.1, 0.15) is 5.75 Å². The van der Waals surface area contributed by atoms with Crippen LogP contribution in [0.2, 0.25) is 0 Å². The van der Waals surface area contributed by atoms with Gasteiger partial charge in [-0.15, -0.1) is 0 Å². The Kier molecular flexibility index (Phi) is 5.02. The van der Waals surface area contributed by atoms with Gasteiger partial charge in [-0.1, -0.05) is 18.7 Å². The van der Waals surface area contributed by atoms with E-state index < -0.39 is 17.3 Å². The molecule has 0 radical (unpaired) electrons. The Morgan fingerprint density at radius 1 is 1.41 bits per heavy atom. The molecule has 1 N–H and O–H groups in total. The van der Waals surface area contributed by atoms with Crippen LogP contribution in [-0.2, 0) is 26.9 Å². The second-order valence-electron chi connectivity index (χ2n) is 3.29. The molecular formula is C11H12O5S. The molecule has 0 heterocycles. The van der Waals surface area contributed by atoms with Gasteiger partial charge in [-0.2, -0.15) is 4.21 Å². The number of benzene rings is 1. The second kappa shape index (κ2) is 6.29. The molecule has 1 aromatic carbocycles. The highest BCUT2D eigenvalue weighted by atomic mass is 32.2. The van der Waals surface area contributed by atoms with E-state index >= 15 is 0 Å². The Balaban J connectivity index is 2.58. The normalized spacial score (nSPS) is 11.9. The zero-order chi connectivity index (χ0) is 12.8. The van der Waals surface area contributed by atoms with Crippen LogP contribution in [0.15, 0.2) is 36.4 Å². The van der Waals surface area contributed by atoms with Gasteiger partial charge >= 0.3 is 17.3 Å². The molecule has 6 heteroatoms. The van der Waals surface area contributed by atoms with Gasteiger partial charge in [-0.25, -0.2) is 4.79 Å². The first-order valence-corrected chi connectivity index (χ1v) is 5.73. The molecule has 1 aromatic rings. The van der Waals surface area contributed by atoms with Crippen LogP contribution in [-0.4, -0.2) is 14.7 Å². The molecule has 0 saturated heterocycles. The summed E-state index contributed by atoms with van der Waals surface area (Å²) in [5.74, 6) is -0.114. The third-order valence-corrected chi connectivity index (χ3v) is 2.13. The maximum Gasteiger partial charge on any atom is 0.338 e. The molecular weight excluding hydrogens is 244 g/mol.